The van der Waals surface area contributed by atoms with Crippen LogP contribution in [-0.4, -0.2) is 13.1 Å². The fourth-order valence-corrected chi connectivity index (χ4v) is 2.48. The Morgan fingerprint density at radius 2 is 1.71 bits per heavy atom. The zero-order valence-corrected chi connectivity index (χ0v) is 14.0. The number of rotatable bonds is 6. The van der Waals surface area contributed by atoms with E-state index in [2.05, 4.69) is 64.3 Å². The van der Waals surface area contributed by atoms with Crippen molar-refractivity contribution in [2.75, 3.05) is 23.3 Å². The lowest BCUT2D eigenvalue weighted by atomic mass is 10.2. The first-order valence-electron chi connectivity index (χ1n) is 7.16. The molecule has 0 spiro atoms. The average molecular weight is 351 g/mol. The molecule has 0 heterocycles. The average Bonchev–Trinajstić information content (AvgIpc) is 2.51. The van der Waals surface area contributed by atoms with E-state index in [4.69, 9.17) is 0 Å². The molecule has 4 heteroatoms. The minimum atomic E-state index is -0.230. The van der Waals surface area contributed by atoms with Gasteiger partial charge in [-0.3, -0.25) is 0 Å². The maximum absolute atomic E-state index is 13.4. The molecule has 2 aromatic carbocycles. The topological polar surface area (TPSA) is 15.3 Å². The van der Waals surface area contributed by atoms with Crippen LogP contribution in [-0.2, 0) is 6.54 Å². The van der Waals surface area contributed by atoms with Gasteiger partial charge in [0, 0.05) is 31.0 Å². The van der Waals surface area contributed by atoms with E-state index >= 15 is 0 Å². The molecule has 2 aromatic rings. The second kappa shape index (κ2) is 7.46. The van der Waals surface area contributed by atoms with Crippen molar-refractivity contribution in [1.82, 2.24) is 0 Å². The molecule has 0 saturated heterocycles. The van der Waals surface area contributed by atoms with Crippen LogP contribution in [0.4, 0.5) is 15.8 Å². The van der Waals surface area contributed by atoms with Crippen molar-refractivity contribution < 1.29 is 4.39 Å². The summed E-state index contributed by atoms with van der Waals surface area (Å²) >= 11 is 3.16. The van der Waals surface area contributed by atoms with Gasteiger partial charge in [0.15, 0.2) is 0 Å². The second-order valence-corrected chi connectivity index (χ2v) is 5.68. The maximum Gasteiger partial charge on any atom is 0.137 e. The second-order valence-electron chi connectivity index (χ2n) is 4.82. The third kappa shape index (κ3) is 4.21. The first-order chi connectivity index (χ1) is 10.1. The van der Waals surface area contributed by atoms with Crippen molar-refractivity contribution in [2.45, 2.75) is 20.4 Å². The molecule has 0 radical (unpaired) electrons. The molecule has 21 heavy (non-hydrogen) atoms. The molecular weight excluding hydrogens is 331 g/mol. The molecule has 2 nitrogen and oxygen atoms in total. The number of hydrogen-bond donors (Lipinski definition) is 1. The van der Waals surface area contributed by atoms with Gasteiger partial charge in [-0.25, -0.2) is 4.39 Å². The van der Waals surface area contributed by atoms with Crippen LogP contribution in [0.5, 0.6) is 0 Å². The third-order valence-corrected chi connectivity index (χ3v) is 4.12. The summed E-state index contributed by atoms with van der Waals surface area (Å²) < 4.78 is 13.9. The lowest BCUT2D eigenvalue weighted by molar-refractivity contribution is 0.619. The van der Waals surface area contributed by atoms with E-state index in [1.165, 1.54) is 5.69 Å². The Morgan fingerprint density at radius 3 is 2.29 bits per heavy atom. The monoisotopic (exact) mass is 350 g/mol. The largest absolute Gasteiger partial charge is 0.381 e. The van der Waals surface area contributed by atoms with Crippen LogP contribution >= 0.6 is 15.9 Å². The molecule has 0 aromatic heterocycles. The van der Waals surface area contributed by atoms with Gasteiger partial charge in [0.25, 0.3) is 0 Å². The summed E-state index contributed by atoms with van der Waals surface area (Å²) in [5, 5.41) is 3.31. The summed E-state index contributed by atoms with van der Waals surface area (Å²) in [5.41, 5.74) is 3.18. The molecule has 0 aliphatic rings. The molecule has 0 bridgehead atoms. The fraction of sp³-hybridized carbons (Fsp3) is 0.294. The first-order valence-corrected chi connectivity index (χ1v) is 7.96. The standard InChI is InChI=1S/C17H20BrFN2/c1-3-21(4-2)15-8-6-14(7-9-15)20-12-13-5-10-16(18)17(19)11-13/h5-11,20H,3-4,12H2,1-2H3. The van der Waals surface area contributed by atoms with Crippen LogP contribution < -0.4 is 10.2 Å². The third-order valence-electron chi connectivity index (χ3n) is 3.48. The zero-order chi connectivity index (χ0) is 15.2. The van der Waals surface area contributed by atoms with Gasteiger partial charge >= 0.3 is 0 Å². The van der Waals surface area contributed by atoms with Crippen molar-refractivity contribution in [1.29, 1.82) is 0 Å². The quantitative estimate of drug-likeness (QED) is 0.784. The summed E-state index contributed by atoms with van der Waals surface area (Å²) in [6.45, 7) is 6.91. The Labute approximate surface area is 134 Å². The summed E-state index contributed by atoms with van der Waals surface area (Å²) in [6.07, 6.45) is 0. The molecule has 1 N–H and O–H groups in total. The molecule has 0 atom stereocenters. The van der Waals surface area contributed by atoms with Crippen LogP contribution in [0, 0.1) is 5.82 Å². The van der Waals surface area contributed by atoms with E-state index in [-0.39, 0.29) is 5.82 Å². The summed E-state index contributed by atoms with van der Waals surface area (Å²) in [7, 11) is 0. The lowest BCUT2D eigenvalue weighted by Gasteiger charge is -2.21. The predicted octanol–water partition coefficient (Wildman–Crippen LogP) is 5.05. The lowest BCUT2D eigenvalue weighted by Crippen LogP contribution is -2.21. The smallest absolute Gasteiger partial charge is 0.137 e. The van der Waals surface area contributed by atoms with E-state index in [9.17, 15) is 4.39 Å². The van der Waals surface area contributed by atoms with Gasteiger partial charge in [-0.15, -0.1) is 0 Å². The van der Waals surface area contributed by atoms with Gasteiger partial charge in [0.1, 0.15) is 5.82 Å². The highest BCUT2D eigenvalue weighted by Gasteiger charge is 2.03. The molecule has 0 saturated carbocycles. The first kappa shape index (κ1) is 15.8. The van der Waals surface area contributed by atoms with Gasteiger partial charge in [-0.2, -0.15) is 0 Å². The number of hydrogen-bond acceptors (Lipinski definition) is 2. The zero-order valence-electron chi connectivity index (χ0n) is 12.4. The summed E-state index contributed by atoms with van der Waals surface area (Å²) in [5.74, 6) is -0.230. The Bertz CT molecular complexity index is 580. The minimum Gasteiger partial charge on any atom is -0.381 e. The Balaban J connectivity index is 1.98. The van der Waals surface area contributed by atoms with E-state index in [1.807, 2.05) is 6.07 Å². The van der Waals surface area contributed by atoms with E-state index in [0.29, 0.717) is 11.0 Å². The molecule has 0 unspecified atom stereocenters. The van der Waals surface area contributed by atoms with Gasteiger partial charge in [0.05, 0.1) is 4.47 Å². The van der Waals surface area contributed by atoms with Crippen LogP contribution in [0.3, 0.4) is 0 Å². The molecular formula is C17H20BrFN2. The van der Waals surface area contributed by atoms with Crippen molar-refractivity contribution in [3.63, 3.8) is 0 Å². The molecule has 0 amide bonds. The van der Waals surface area contributed by atoms with Crippen molar-refractivity contribution in [3.8, 4) is 0 Å². The van der Waals surface area contributed by atoms with Gasteiger partial charge < -0.3 is 10.2 Å². The van der Waals surface area contributed by atoms with Crippen LogP contribution in [0.1, 0.15) is 19.4 Å². The highest BCUT2D eigenvalue weighted by Crippen LogP contribution is 2.20. The van der Waals surface area contributed by atoms with E-state index < -0.39 is 0 Å². The molecule has 0 fully saturated rings. The molecule has 112 valence electrons. The summed E-state index contributed by atoms with van der Waals surface area (Å²) in [4.78, 5) is 2.30. The van der Waals surface area contributed by atoms with Crippen molar-refractivity contribution in [2.24, 2.45) is 0 Å². The van der Waals surface area contributed by atoms with Crippen molar-refractivity contribution >= 4 is 27.3 Å². The van der Waals surface area contributed by atoms with Gasteiger partial charge in [-0.1, -0.05) is 6.07 Å². The molecule has 0 aliphatic carbocycles. The van der Waals surface area contributed by atoms with Crippen LogP contribution in [0.25, 0.3) is 0 Å². The molecule has 0 aliphatic heterocycles. The highest BCUT2D eigenvalue weighted by molar-refractivity contribution is 9.10. The highest BCUT2D eigenvalue weighted by atomic mass is 79.9. The van der Waals surface area contributed by atoms with Crippen LogP contribution in [0.2, 0.25) is 0 Å². The Hall–Kier alpha value is -1.55. The SMILES string of the molecule is CCN(CC)c1ccc(NCc2ccc(Br)c(F)c2)cc1. The summed E-state index contributed by atoms with van der Waals surface area (Å²) in [6, 6.07) is 13.5. The van der Waals surface area contributed by atoms with E-state index in [0.717, 1.165) is 24.3 Å². The predicted molar refractivity (Wildman–Crippen MR) is 91.4 cm³/mol. The van der Waals surface area contributed by atoms with Gasteiger partial charge in [-0.05, 0) is 71.7 Å². The Morgan fingerprint density at radius 1 is 1.05 bits per heavy atom. The number of nitrogens with one attached hydrogen (secondary N) is 1. The van der Waals surface area contributed by atoms with Crippen LogP contribution in [0.15, 0.2) is 46.9 Å². The maximum atomic E-state index is 13.4. The number of benzene rings is 2. The Kier molecular flexibility index (Phi) is 5.62. The molecule has 2 rings (SSSR count). The normalized spacial score (nSPS) is 10.5. The number of nitrogens with zero attached hydrogens (tertiary/aromatic N) is 1. The van der Waals surface area contributed by atoms with E-state index in [1.54, 1.807) is 12.1 Å². The van der Waals surface area contributed by atoms with Gasteiger partial charge in [0.2, 0.25) is 0 Å². The minimum absolute atomic E-state index is 0.230. The fourth-order valence-electron chi connectivity index (χ4n) is 2.23. The number of halogens is 2. The number of anilines is 2. The van der Waals surface area contributed by atoms with Crippen molar-refractivity contribution in [3.05, 3.63) is 58.3 Å².